The number of fused-ring (bicyclic) bond motifs is 4. The van der Waals surface area contributed by atoms with E-state index in [1.54, 1.807) is 24.3 Å². The van der Waals surface area contributed by atoms with Crippen molar-refractivity contribution in [2.24, 2.45) is 5.73 Å². The van der Waals surface area contributed by atoms with Crippen molar-refractivity contribution in [3.05, 3.63) is 83.6 Å². The lowest BCUT2D eigenvalue weighted by molar-refractivity contribution is 0.0994. The number of carbonyl (C=O) groups is 1. The Labute approximate surface area is 173 Å². The Morgan fingerprint density at radius 1 is 0.967 bits per heavy atom. The number of benzene rings is 3. The lowest BCUT2D eigenvalue weighted by Gasteiger charge is -2.19. The van der Waals surface area contributed by atoms with Gasteiger partial charge >= 0.3 is 0 Å². The Kier molecular flexibility index (Phi) is 4.11. The molecule has 0 saturated heterocycles. The number of amides is 1. The molecule has 0 aliphatic heterocycles. The van der Waals surface area contributed by atoms with Crippen LogP contribution in [-0.2, 0) is 22.9 Å². The van der Waals surface area contributed by atoms with Gasteiger partial charge in [-0.1, -0.05) is 60.7 Å². The van der Waals surface area contributed by atoms with Crippen LogP contribution in [0.5, 0.6) is 0 Å². The Morgan fingerprint density at radius 3 is 2.53 bits per heavy atom. The molecule has 0 bridgehead atoms. The second kappa shape index (κ2) is 6.70. The number of hydrogen-bond donors (Lipinski definition) is 2. The monoisotopic (exact) mass is 418 g/mol. The molecule has 8 heteroatoms. The van der Waals surface area contributed by atoms with Crippen molar-refractivity contribution in [1.29, 1.82) is 0 Å². The number of aromatic nitrogens is 2. The molecular weight excluding hydrogens is 400 g/mol. The highest BCUT2D eigenvalue weighted by atomic mass is 32.2. The van der Waals surface area contributed by atoms with Crippen LogP contribution in [-0.4, -0.2) is 24.2 Å². The van der Waals surface area contributed by atoms with Gasteiger partial charge in [0.2, 0.25) is 0 Å². The zero-order chi connectivity index (χ0) is 20.9. The minimum absolute atomic E-state index is 0.0834. The van der Waals surface area contributed by atoms with Gasteiger partial charge in [-0.05, 0) is 29.9 Å². The van der Waals surface area contributed by atoms with Crippen LogP contribution in [0.4, 0.5) is 0 Å². The Bertz CT molecular complexity index is 1420. The molecule has 1 amide bonds. The zero-order valence-corrected chi connectivity index (χ0v) is 16.7. The van der Waals surface area contributed by atoms with E-state index in [0.717, 1.165) is 22.9 Å². The molecule has 30 heavy (non-hydrogen) atoms. The van der Waals surface area contributed by atoms with Gasteiger partial charge in [0.1, 0.15) is 0 Å². The maximum absolute atomic E-state index is 13.3. The lowest BCUT2D eigenvalue weighted by Crippen LogP contribution is -2.26. The number of sulfonamides is 1. The largest absolute Gasteiger partial charge is 0.364 e. The number of aryl methyl sites for hydroxylation is 1. The van der Waals surface area contributed by atoms with Gasteiger partial charge in [-0.3, -0.25) is 4.79 Å². The summed E-state index contributed by atoms with van der Waals surface area (Å²) in [5, 5.41) is 5.64. The molecule has 0 saturated carbocycles. The van der Waals surface area contributed by atoms with Crippen molar-refractivity contribution in [3.63, 3.8) is 0 Å². The van der Waals surface area contributed by atoms with Gasteiger partial charge in [-0.25, -0.2) is 0 Å². The molecule has 150 valence electrons. The molecule has 0 spiro atoms. The van der Waals surface area contributed by atoms with Crippen LogP contribution in [0, 0.1) is 0 Å². The summed E-state index contributed by atoms with van der Waals surface area (Å²) in [6, 6.07) is 20.0. The van der Waals surface area contributed by atoms with Crippen LogP contribution in [0.1, 0.15) is 21.6 Å². The molecule has 4 aromatic rings. The SMILES string of the molecule is NC(=O)c1nn(NS(=O)(=O)c2cccc3ccccc23)c2c1CCc1ccccc1-2. The van der Waals surface area contributed by atoms with E-state index >= 15 is 0 Å². The fraction of sp³-hybridized carbons (Fsp3) is 0.0909. The molecule has 0 atom stereocenters. The maximum Gasteiger partial charge on any atom is 0.277 e. The zero-order valence-electron chi connectivity index (χ0n) is 15.9. The highest BCUT2D eigenvalue weighted by molar-refractivity contribution is 7.92. The first kappa shape index (κ1) is 18.4. The van der Waals surface area contributed by atoms with E-state index in [2.05, 4.69) is 9.93 Å². The predicted molar refractivity (Wildman–Crippen MR) is 114 cm³/mol. The number of rotatable bonds is 4. The number of nitrogens with zero attached hydrogens (tertiary/aromatic N) is 2. The van der Waals surface area contributed by atoms with Crippen molar-refractivity contribution >= 4 is 26.7 Å². The predicted octanol–water partition coefficient (Wildman–Crippen LogP) is 2.83. The van der Waals surface area contributed by atoms with Gasteiger partial charge in [0, 0.05) is 16.5 Å². The van der Waals surface area contributed by atoms with Crippen LogP contribution < -0.4 is 10.6 Å². The van der Waals surface area contributed by atoms with Gasteiger partial charge in [-0.15, -0.1) is 5.10 Å². The van der Waals surface area contributed by atoms with Crippen LogP contribution >= 0.6 is 0 Å². The molecule has 3 N–H and O–H groups in total. The summed E-state index contributed by atoms with van der Waals surface area (Å²) in [6.07, 6.45) is 1.28. The molecule has 1 aromatic heterocycles. The average Bonchev–Trinajstić information content (AvgIpc) is 3.12. The number of carbonyl (C=O) groups excluding carboxylic acids is 1. The summed E-state index contributed by atoms with van der Waals surface area (Å²) < 4.78 is 26.6. The third kappa shape index (κ3) is 2.84. The number of nitrogens with two attached hydrogens (primary N) is 1. The second-order valence-corrected chi connectivity index (χ2v) is 8.81. The maximum atomic E-state index is 13.3. The number of primary amides is 1. The molecule has 3 aromatic carbocycles. The molecule has 0 radical (unpaired) electrons. The van der Waals surface area contributed by atoms with Gasteiger partial charge in [0.05, 0.1) is 10.6 Å². The average molecular weight is 418 g/mol. The molecule has 1 aliphatic carbocycles. The Hall–Kier alpha value is -3.65. The van der Waals surface area contributed by atoms with Gasteiger partial charge in [0.15, 0.2) is 5.69 Å². The second-order valence-electron chi connectivity index (χ2n) is 7.18. The van der Waals surface area contributed by atoms with Gasteiger partial charge < -0.3 is 5.73 Å². The molecule has 5 rings (SSSR count). The highest BCUT2D eigenvalue weighted by Crippen LogP contribution is 2.35. The highest BCUT2D eigenvalue weighted by Gasteiger charge is 2.29. The summed E-state index contributed by atoms with van der Waals surface area (Å²) in [5.74, 6) is -0.686. The summed E-state index contributed by atoms with van der Waals surface area (Å²) >= 11 is 0. The van der Waals surface area contributed by atoms with Crippen LogP contribution in [0.25, 0.3) is 22.0 Å². The van der Waals surface area contributed by atoms with E-state index in [1.807, 2.05) is 42.5 Å². The van der Waals surface area contributed by atoms with Crippen molar-refractivity contribution in [2.45, 2.75) is 17.7 Å². The fourth-order valence-corrected chi connectivity index (χ4v) is 5.24. The van der Waals surface area contributed by atoms with Crippen LogP contribution in [0.2, 0.25) is 0 Å². The smallest absolute Gasteiger partial charge is 0.277 e. The summed E-state index contributed by atoms with van der Waals surface area (Å²) in [4.78, 5) is 15.8. The van der Waals surface area contributed by atoms with Gasteiger partial charge in [0.25, 0.3) is 15.9 Å². The molecule has 0 fully saturated rings. The summed E-state index contributed by atoms with van der Waals surface area (Å²) in [6.45, 7) is 0. The topological polar surface area (TPSA) is 107 Å². The molecular formula is C22H18N4O3S. The Balaban J connectivity index is 1.68. The van der Waals surface area contributed by atoms with E-state index < -0.39 is 15.9 Å². The normalized spacial score (nSPS) is 12.9. The first-order valence-electron chi connectivity index (χ1n) is 9.46. The summed E-state index contributed by atoms with van der Waals surface area (Å²) in [5.41, 5.74) is 8.71. The first-order chi connectivity index (χ1) is 14.5. The van der Waals surface area contributed by atoms with Crippen molar-refractivity contribution in [2.75, 3.05) is 4.83 Å². The van der Waals surface area contributed by atoms with Crippen molar-refractivity contribution < 1.29 is 13.2 Å². The molecule has 1 aliphatic rings. The minimum atomic E-state index is -3.99. The molecule has 1 heterocycles. The van der Waals surface area contributed by atoms with E-state index in [4.69, 9.17) is 5.73 Å². The van der Waals surface area contributed by atoms with E-state index in [1.165, 1.54) is 4.79 Å². The van der Waals surface area contributed by atoms with E-state index in [0.29, 0.717) is 23.1 Å². The van der Waals surface area contributed by atoms with E-state index in [-0.39, 0.29) is 10.6 Å². The lowest BCUT2D eigenvalue weighted by atomic mass is 9.89. The van der Waals surface area contributed by atoms with Gasteiger partial charge in [-0.2, -0.15) is 18.0 Å². The standard InChI is InChI=1S/C22H18N4O3S/c23-22(27)20-18-13-12-15-7-2-4-10-17(15)21(18)26(24-20)25-30(28,29)19-11-5-8-14-6-1-3-9-16(14)19/h1-11,25H,12-13H2,(H2,23,27). The van der Waals surface area contributed by atoms with Crippen LogP contribution in [0.3, 0.4) is 0 Å². The van der Waals surface area contributed by atoms with Crippen molar-refractivity contribution in [3.8, 4) is 11.3 Å². The first-order valence-corrected chi connectivity index (χ1v) is 10.9. The molecule has 7 nitrogen and oxygen atoms in total. The quantitative estimate of drug-likeness (QED) is 0.531. The third-order valence-corrected chi connectivity index (χ3v) is 6.73. The third-order valence-electron chi connectivity index (χ3n) is 5.38. The number of hydrogen-bond acceptors (Lipinski definition) is 4. The minimum Gasteiger partial charge on any atom is -0.364 e. The fourth-order valence-electron chi connectivity index (χ4n) is 4.05. The molecule has 0 unspecified atom stereocenters. The van der Waals surface area contributed by atoms with Crippen molar-refractivity contribution in [1.82, 2.24) is 9.89 Å². The number of nitrogens with one attached hydrogen (secondary N) is 1. The summed E-state index contributed by atoms with van der Waals surface area (Å²) in [7, 11) is -3.99. The van der Waals surface area contributed by atoms with E-state index in [9.17, 15) is 13.2 Å². The van der Waals surface area contributed by atoms with Crippen LogP contribution in [0.15, 0.2) is 71.6 Å². The Morgan fingerprint density at radius 2 is 1.70 bits per heavy atom.